The number of nitrogens with one attached hydrogen (secondary N) is 1. The van der Waals surface area contributed by atoms with Gasteiger partial charge in [-0.05, 0) is 47.0 Å². The van der Waals surface area contributed by atoms with Crippen LogP contribution >= 0.6 is 23.7 Å². The van der Waals surface area contributed by atoms with Gasteiger partial charge in [0.15, 0.2) is 0 Å². The van der Waals surface area contributed by atoms with Gasteiger partial charge in [0.25, 0.3) is 0 Å². The van der Waals surface area contributed by atoms with Gasteiger partial charge in [0.2, 0.25) is 0 Å². The van der Waals surface area contributed by atoms with Gasteiger partial charge in [0, 0.05) is 15.7 Å². The number of hydrogen-bond acceptors (Lipinski definition) is 4. The monoisotopic (exact) mass is 403 g/mol. The number of rotatable bonds is 6. The van der Waals surface area contributed by atoms with E-state index in [0.29, 0.717) is 5.75 Å². The van der Waals surface area contributed by atoms with Crippen LogP contribution in [0.15, 0.2) is 94.7 Å². The number of phenolic OH excluding ortho intramolecular Hbond substituents is 1. The minimum absolute atomic E-state index is 0.366. The number of thioether (sulfide) groups is 1. The smallest absolute Gasteiger partial charge is 0.137 e. The highest BCUT2D eigenvalue weighted by Crippen LogP contribution is 2.41. The Labute approximate surface area is 174 Å². The second-order valence-electron chi connectivity index (χ2n) is 6.34. The van der Waals surface area contributed by atoms with Gasteiger partial charge in [0.1, 0.15) is 5.75 Å². The molecule has 0 bridgehead atoms. The molecular weight excluding hydrogens is 382 g/mol. The van der Waals surface area contributed by atoms with Gasteiger partial charge in [-0.25, -0.2) is 0 Å². The van der Waals surface area contributed by atoms with Crippen molar-refractivity contribution < 1.29 is 5.11 Å². The number of anilines is 1. The van der Waals surface area contributed by atoms with Gasteiger partial charge in [-0.2, -0.15) is 0 Å². The topological polar surface area (TPSA) is 32.3 Å². The van der Waals surface area contributed by atoms with Crippen molar-refractivity contribution in [2.75, 3.05) is 10.5 Å². The van der Waals surface area contributed by atoms with Crippen molar-refractivity contribution in [1.29, 1.82) is 0 Å². The molecule has 0 heterocycles. The zero-order chi connectivity index (χ0) is 19.3. The van der Waals surface area contributed by atoms with Gasteiger partial charge in [-0.1, -0.05) is 73.7 Å². The lowest BCUT2D eigenvalue weighted by molar-refractivity contribution is 0.469. The second kappa shape index (κ2) is 8.63. The maximum atomic E-state index is 10.6. The average molecular weight is 404 g/mol. The molecule has 0 aromatic heterocycles. The third-order valence-electron chi connectivity index (χ3n) is 4.52. The molecule has 2 N–H and O–H groups in total. The molecule has 0 atom stereocenters. The fourth-order valence-corrected chi connectivity index (χ4v) is 4.57. The Morgan fingerprint density at radius 2 is 1.43 bits per heavy atom. The summed E-state index contributed by atoms with van der Waals surface area (Å²) in [6.07, 6.45) is 0. The first-order valence-corrected chi connectivity index (χ1v) is 11.0. The Bertz CT molecular complexity index is 1080. The predicted octanol–water partition coefficient (Wildman–Crippen LogP) is 7.44. The van der Waals surface area contributed by atoms with E-state index < -0.39 is 0 Å². The number of phenols is 1. The quantitative estimate of drug-likeness (QED) is 0.199. The molecule has 0 amide bonds. The van der Waals surface area contributed by atoms with Crippen LogP contribution in [0.4, 0.5) is 5.69 Å². The first kappa shape index (κ1) is 18.8. The van der Waals surface area contributed by atoms with Gasteiger partial charge >= 0.3 is 0 Å². The summed E-state index contributed by atoms with van der Waals surface area (Å²) in [5, 5.41) is 12.5. The molecule has 0 aliphatic carbocycles. The molecule has 4 aromatic carbocycles. The molecule has 2 nitrogen and oxygen atoms in total. The van der Waals surface area contributed by atoms with E-state index in [-0.39, 0.29) is 0 Å². The van der Waals surface area contributed by atoms with E-state index in [4.69, 9.17) is 0 Å². The van der Waals surface area contributed by atoms with E-state index in [1.54, 1.807) is 23.7 Å². The van der Waals surface area contributed by atoms with Crippen molar-refractivity contribution in [3.8, 4) is 16.9 Å². The van der Waals surface area contributed by atoms with Crippen LogP contribution in [0.25, 0.3) is 21.9 Å². The lowest BCUT2D eigenvalue weighted by atomic mass is 10.1. The summed E-state index contributed by atoms with van der Waals surface area (Å²) < 4.78 is 3.48. The molecule has 28 heavy (non-hydrogen) atoms. The number of hydrogen-bond donors (Lipinski definition) is 2. The third-order valence-corrected chi connectivity index (χ3v) is 6.26. The zero-order valence-corrected chi connectivity index (χ0v) is 17.2. The van der Waals surface area contributed by atoms with E-state index in [0.717, 1.165) is 32.0 Å². The first-order chi connectivity index (χ1) is 13.8. The molecule has 0 unspecified atom stereocenters. The summed E-state index contributed by atoms with van der Waals surface area (Å²) >= 11 is 3.24. The van der Waals surface area contributed by atoms with Crippen molar-refractivity contribution in [2.24, 2.45) is 0 Å². The van der Waals surface area contributed by atoms with E-state index in [2.05, 4.69) is 60.2 Å². The third kappa shape index (κ3) is 3.98. The fourth-order valence-electron chi connectivity index (χ4n) is 3.14. The normalized spacial score (nSPS) is 10.9. The van der Waals surface area contributed by atoms with Crippen molar-refractivity contribution in [2.45, 2.75) is 16.7 Å². The summed E-state index contributed by atoms with van der Waals surface area (Å²) in [4.78, 5) is 2.05. The largest absolute Gasteiger partial charge is 0.506 e. The van der Waals surface area contributed by atoms with Crippen LogP contribution in [0.2, 0.25) is 0 Å². The Kier molecular flexibility index (Phi) is 5.79. The summed E-state index contributed by atoms with van der Waals surface area (Å²) in [6, 6.07) is 28.9. The summed E-state index contributed by atoms with van der Waals surface area (Å²) in [5.74, 6) is 1.28. The van der Waals surface area contributed by atoms with Crippen molar-refractivity contribution in [3.63, 3.8) is 0 Å². The van der Waals surface area contributed by atoms with Gasteiger partial charge in [-0.15, -0.1) is 11.8 Å². The molecule has 0 fully saturated rings. The maximum Gasteiger partial charge on any atom is 0.137 e. The van der Waals surface area contributed by atoms with Crippen molar-refractivity contribution in [3.05, 3.63) is 84.9 Å². The summed E-state index contributed by atoms with van der Waals surface area (Å²) in [7, 11) is 0. The highest BCUT2D eigenvalue weighted by atomic mass is 32.2. The Morgan fingerprint density at radius 3 is 2.14 bits per heavy atom. The van der Waals surface area contributed by atoms with Crippen molar-refractivity contribution >= 4 is 40.2 Å². The van der Waals surface area contributed by atoms with Crippen LogP contribution in [-0.4, -0.2) is 10.9 Å². The van der Waals surface area contributed by atoms with E-state index in [9.17, 15) is 5.11 Å². The van der Waals surface area contributed by atoms with Gasteiger partial charge < -0.3 is 9.83 Å². The maximum absolute atomic E-state index is 10.6. The Hall–Kier alpha value is -2.56. The molecule has 4 heteroatoms. The molecule has 140 valence electrons. The predicted molar refractivity (Wildman–Crippen MR) is 123 cm³/mol. The number of aromatic hydroxyl groups is 1. The number of fused-ring (bicyclic) bond motifs is 1. The van der Waals surface area contributed by atoms with Crippen LogP contribution in [0.3, 0.4) is 0 Å². The van der Waals surface area contributed by atoms with Crippen LogP contribution in [-0.2, 0) is 0 Å². The van der Waals surface area contributed by atoms with Crippen molar-refractivity contribution in [1.82, 2.24) is 0 Å². The van der Waals surface area contributed by atoms with Gasteiger partial charge in [0.05, 0.1) is 10.6 Å². The SMILES string of the molecule is CCSc1cc(NSc2ccc(-c3ccccc3)cc2)c2ccccc2c1O. The number of benzene rings is 4. The van der Waals surface area contributed by atoms with Crippen LogP contribution in [0.5, 0.6) is 5.75 Å². The second-order valence-corrected chi connectivity index (χ2v) is 8.53. The standard InChI is InChI=1S/C24H21NOS2/c1-2-27-23-16-22(20-10-6-7-11-21(20)24(23)26)25-28-19-14-12-18(13-15-19)17-8-4-3-5-9-17/h3-16,25-26H,2H2,1H3. The lowest BCUT2D eigenvalue weighted by Gasteiger charge is -2.14. The lowest BCUT2D eigenvalue weighted by Crippen LogP contribution is -1.91. The fraction of sp³-hybridized carbons (Fsp3) is 0.0833. The molecule has 0 spiro atoms. The molecular formula is C24H21NOS2. The molecule has 0 aliphatic heterocycles. The average Bonchev–Trinajstić information content (AvgIpc) is 2.76. The molecule has 0 saturated carbocycles. The minimum Gasteiger partial charge on any atom is -0.506 e. The van der Waals surface area contributed by atoms with Gasteiger partial charge in [-0.3, -0.25) is 0 Å². The summed E-state index contributed by atoms with van der Waals surface area (Å²) in [5.41, 5.74) is 3.45. The molecule has 4 rings (SSSR count). The summed E-state index contributed by atoms with van der Waals surface area (Å²) in [6.45, 7) is 2.09. The molecule has 4 aromatic rings. The zero-order valence-electron chi connectivity index (χ0n) is 15.6. The van der Waals surface area contributed by atoms with Crippen LogP contribution in [0, 0.1) is 0 Å². The molecule has 0 radical (unpaired) electrons. The van der Waals surface area contributed by atoms with Crippen LogP contribution in [0.1, 0.15) is 6.92 Å². The Morgan fingerprint density at radius 1 is 0.786 bits per heavy atom. The minimum atomic E-state index is 0.366. The van der Waals surface area contributed by atoms with Crippen LogP contribution < -0.4 is 4.72 Å². The van der Waals surface area contributed by atoms with E-state index in [1.165, 1.54) is 11.1 Å². The highest BCUT2D eigenvalue weighted by molar-refractivity contribution is 8.00. The Balaban J connectivity index is 1.58. The highest BCUT2D eigenvalue weighted by Gasteiger charge is 2.11. The van der Waals surface area contributed by atoms with E-state index in [1.807, 2.05) is 36.4 Å². The van der Waals surface area contributed by atoms with E-state index >= 15 is 0 Å². The molecule has 0 saturated heterocycles. The first-order valence-electron chi connectivity index (χ1n) is 9.22. The molecule has 0 aliphatic rings.